The Labute approximate surface area is 187 Å². The van der Waals surface area contributed by atoms with Crippen molar-refractivity contribution in [1.29, 1.82) is 0 Å². The average Bonchev–Trinajstić information content (AvgIpc) is 3.38. The highest BCUT2D eigenvalue weighted by molar-refractivity contribution is 7.77. The number of fused-ring (bicyclic) bond motifs is 3. The van der Waals surface area contributed by atoms with Gasteiger partial charge in [-0.2, -0.15) is 0 Å². The molecule has 4 unspecified atom stereocenters. The average molecular weight is 448 g/mol. The molecule has 0 aromatic carbocycles. The maximum absolute atomic E-state index is 15.5. The van der Waals surface area contributed by atoms with Gasteiger partial charge in [0.15, 0.2) is 11.4 Å². The number of hydrogen-bond donors (Lipinski definition) is 0. The summed E-state index contributed by atoms with van der Waals surface area (Å²) >= 11 is 5.19. The van der Waals surface area contributed by atoms with Gasteiger partial charge in [0.25, 0.3) is 0 Å². The van der Waals surface area contributed by atoms with Crippen molar-refractivity contribution in [3.05, 3.63) is 23.8 Å². The summed E-state index contributed by atoms with van der Waals surface area (Å²) in [6, 6.07) is 0. The van der Waals surface area contributed by atoms with Gasteiger partial charge < -0.3 is 26.9 Å². The van der Waals surface area contributed by atoms with Crippen molar-refractivity contribution in [2.45, 2.75) is 76.9 Å². The van der Waals surface area contributed by atoms with Crippen LogP contribution in [0.2, 0.25) is 0 Å². The smallest absolute Gasteiger partial charge is 0.306 e. The van der Waals surface area contributed by atoms with Gasteiger partial charge in [-0.25, -0.2) is 4.39 Å². The number of carbonyl (C=O) groups is 3. The second-order valence-corrected chi connectivity index (χ2v) is 10.8. The largest absolute Gasteiger partial charge is 0.738 e. The highest BCUT2D eigenvalue weighted by atomic mass is 32.1. The van der Waals surface area contributed by atoms with Gasteiger partial charge in [-0.15, -0.1) is 0 Å². The molecule has 168 valence electrons. The number of halogens is 1. The molecule has 5 nitrogen and oxygen atoms in total. The summed E-state index contributed by atoms with van der Waals surface area (Å²) in [5, 5.41) is -0.553. The van der Waals surface area contributed by atoms with Crippen LogP contribution >= 0.6 is 0 Å². The third-order valence-electron chi connectivity index (χ3n) is 9.33. The van der Waals surface area contributed by atoms with Crippen LogP contribution in [0.4, 0.5) is 4.39 Å². The summed E-state index contributed by atoms with van der Waals surface area (Å²) in [6.07, 6.45) is 4.80. The fourth-order valence-corrected chi connectivity index (χ4v) is 8.38. The predicted octanol–water partition coefficient (Wildman–Crippen LogP) is 3.39. The van der Waals surface area contributed by atoms with Gasteiger partial charge in [-0.05, 0) is 55.7 Å². The Kier molecular flexibility index (Phi) is 4.29. The van der Waals surface area contributed by atoms with Crippen molar-refractivity contribution in [2.75, 3.05) is 0 Å². The Morgan fingerprint density at radius 1 is 1.29 bits per heavy atom. The van der Waals surface area contributed by atoms with Crippen molar-refractivity contribution in [2.24, 2.45) is 28.6 Å². The Hall–Kier alpha value is -1.60. The number of hydrogen-bond acceptors (Lipinski definition) is 6. The fourth-order valence-electron chi connectivity index (χ4n) is 7.91. The van der Waals surface area contributed by atoms with E-state index in [9.17, 15) is 14.4 Å². The van der Waals surface area contributed by atoms with Crippen molar-refractivity contribution in [3.8, 4) is 0 Å². The molecule has 31 heavy (non-hydrogen) atoms. The van der Waals surface area contributed by atoms with E-state index in [2.05, 4.69) is 0 Å². The van der Waals surface area contributed by atoms with Crippen LogP contribution in [0.1, 0.15) is 53.4 Å². The molecule has 3 saturated carbocycles. The number of ketones is 1. The summed E-state index contributed by atoms with van der Waals surface area (Å²) < 4.78 is 27.8. The minimum absolute atomic E-state index is 0.0829. The number of rotatable bonds is 3. The van der Waals surface area contributed by atoms with E-state index in [-0.39, 0.29) is 42.5 Å². The first kappa shape index (κ1) is 21.3. The Morgan fingerprint density at radius 2 is 2.00 bits per heavy atom. The van der Waals surface area contributed by atoms with E-state index >= 15 is 4.39 Å². The van der Waals surface area contributed by atoms with E-state index < -0.39 is 39.3 Å². The predicted molar refractivity (Wildman–Crippen MR) is 112 cm³/mol. The Bertz CT molecular complexity index is 960. The molecule has 1 heterocycles. The molecule has 4 aliphatic carbocycles. The molecule has 0 aromatic rings. The van der Waals surface area contributed by atoms with Gasteiger partial charge in [-0.1, -0.05) is 26.8 Å². The molecule has 5 rings (SSSR count). The van der Waals surface area contributed by atoms with Crippen LogP contribution in [0.3, 0.4) is 0 Å². The lowest BCUT2D eigenvalue weighted by Gasteiger charge is -2.57. The van der Waals surface area contributed by atoms with Crippen LogP contribution in [0.5, 0.6) is 0 Å². The van der Waals surface area contributed by atoms with Gasteiger partial charge in [0.1, 0.15) is 11.8 Å². The van der Waals surface area contributed by atoms with Crippen molar-refractivity contribution in [3.63, 3.8) is 0 Å². The maximum Gasteiger partial charge on any atom is 0.306 e. The summed E-state index contributed by atoms with van der Waals surface area (Å²) in [6.45, 7) is 7.54. The number of alkyl halides is 1. The molecule has 0 radical (unpaired) electrons. The second-order valence-electron chi connectivity index (χ2n) is 10.5. The molecule has 0 bridgehead atoms. The first-order chi connectivity index (χ1) is 14.5. The maximum atomic E-state index is 15.5. The van der Waals surface area contributed by atoms with Crippen LogP contribution in [0.15, 0.2) is 23.8 Å². The van der Waals surface area contributed by atoms with Crippen LogP contribution in [-0.4, -0.2) is 40.3 Å². The van der Waals surface area contributed by atoms with Crippen LogP contribution in [0, 0.1) is 28.6 Å². The molecule has 1 saturated heterocycles. The first-order valence-electron chi connectivity index (χ1n) is 11.2. The molecule has 0 amide bonds. The topological polar surface area (TPSA) is 73.0 Å². The lowest BCUT2D eigenvalue weighted by atomic mass is 9.46. The number of allylic oxidation sites excluding steroid dienone is 2. The zero-order valence-corrected chi connectivity index (χ0v) is 19.1. The summed E-state index contributed by atoms with van der Waals surface area (Å²) in [5.41, 5.74) is -2.94. The zero-order chi connectivity index (χ0) is 22.6. The molecule has 1 aliphatic heterocycles. The van der Waals surface area contributed by atoms with E-state index in [1.165, 1.54) is 12.2 Å². The Balaban J connectivity index is 1.62. The minimum atomic E-state index is -1.40. The van der Waals surface area contributed by atoms with E-state index in [1.54, 1.807) is 6.92 Å². The van der Waals surface area contributed by atoms with Crippen molar-refractivity contribution in [1.82, 2.24) is 0 Å². The summed E-state index contributed by atoms with van der Waals surface area (Å²) in [5.74, 6) is -1.15. The lowest BCUT2D eigenvalue weighted by Crippen LogP contribution is -2.64. The van der Waals surface area contributed by atoms with Gasteiger partial charge in [0.2, 0.25) is 0 Å². The van der Waals surface area contributed by atoms with Crippen LogP contribution in [0.25, 0.3) is 0 Å². The summed E-state index contributed by atoms with van der Waals surface area (Å²) in [7, 11) is 0. The normalized spacial score (nSPS) is 51.7. The molecular weight excluding hydrogens is 419 g/mol. The molecule has 4 fully saturated rings. The number of carbonyl (C=O) groups excluding carboxylic acids is 3. The fraction of sp³-hybridized carbons (Fsp3) is 0.708. The molecule has 1 spiro atoms. The van der Waals surface area contributed by atoms with Gasteiger partial charge in [0.05, 0.1) is 11.2 Å². The number of epoxide rings is 1. The van der Waals surface area contributed by atoms with Crippen molar-refractivity contribution >= 4 is 29.5 Å². The van der Waals surface area contributed by atoms with Gasteiger partial charge in [-0.3, -0.25) is 9.59 Å². The quantitative estimate of drug-likeness (QED) is 0.375. The number of esters is 1. The highest BCUT2D eigenvalue weighted by Crippen LogP contribution is 2.77. The van der Waals surface area contributed by atoms with Gasteiger partial charge in [0, 0.05) is 23.2 Å². The molecule has 7 heteroatoms. The van der Waals surface area contributed by atoms with Crippen molar-refractivity contribution < 1.29 is 28.2 Å². The van der Waals surface area contributed by atoms with Crippen LogP contribution in [-0.2, 0) is 36.5 Å². The third kappa shape index (κ3) is 2.27. The monoisotopic (exact) mass is 447 g/mol. The van der Waals surface area contributed by atoms with E-state index in [4.69, 9.17) is 22.1 Å². The molecular formula is C24H28FO5S-. The molecule has 9 atom stereocenters. The first-order valence-corrected chi connectivity index (χ1v) is 11.6. The van der Waals surface area contributed by atoms with E-state index in [1.807, 2.05) is 26.8 Å². The lowest BCUT2D eigenvalue weighted by molar-refractivity contribution is -0.187. The molecule has 0 aromatic heterocycles. The molecule has 0 N–H and O–H groups in total. The zero-order valence-electron chi connectivity index (χ0n) is 18.3. The molecule has 5 aliphatic rings. The minimum Gasteiger partial charge on any atom is -0.738 e. The second kappa shape index (κ2) is 6.25. The highest BCUT2D eigenvalue weighted by Gasteiger charge is 2.83. The summed E-state index contributed by atoms with van der Waals surface area (Å²) in [4.78, 5) is 37.3. The number of ether oxygens (including phenoxy) is 2. The van der Waals surface area contributed by atoms with E-state index in [0.717, 1.165) is 0 Å². The SMILES string of the molecule is CCC(=O)O[C@]1(C(=O)[S-])[C@H](C)CC2C3C[C@H](F)C4=CC(=O)C=CC4(C)[C@@]34O[C@H]4CC21C. The third-order valence-corrected chi connectivity index (χ3v) is 9.63. The van der Waals surface area contributed by atoms with E-state index in [0.29, 0.717) is 18.4 Å². The Morgan fingerprint density at radius 3 is 2.65 bits per heavy atom. The standard InChI is InChI=1S/C24H29FO5S/c1-5-19(27)30-23(20(28)31)12(2)8-14-15-10-17(25)16-9-13(26)6-7-21(16,3)24(15)18(29-24)11-22(14,23)4/h6-7,9,12,14-15,17-18H,5,8,10-11H2,1-4H3,(H,28,31)/p-1/t12-,14?,15?,17+,18+,21?,22?,23+,24-/m1/s1. The van der Waals surface area contributed by atoms with Crippen LogP contribution < -0.4 is 0 Å². The van der Waals surface area contributed by atoms with Gasteiger partial charge >= 0.3 is 5.97 Å².